The van der Waals surface area contributed by atoms with E-state index in [2.05, 4.69) is 26.6 Å². The van der Waals surface area contributed by atoms with Gasteiger partial charge in [0.1, 0.15) is 10.8 Å². The number of rotatable bonds is 6. The number of ether oxygens (including phenoxy) is 1. The highest BCUT2D eigenvalue weighted by Crippen LogP contribution is 2.24. The molecule has 4 aromatic rings. The first kappa shape index (κ1) is 17.9. The third kappa shape index (κ3) is 4.10. The van der Waals surface area contributed by atoms with E-state index in [0.29, 0.717) is 11.6 Å². The van der Waals surface area contributed by atoms with Gasteiger partial charge in [-0.3, -0.25) is 10.1 Å². The van der Waals surface area contributed by atoms with E-state index >= 15 is 0 Å². The average Bonchev–Trinajstić information content (AvgIpc) is 3.34. The summed E-state index contributed by atoms with van der Waals surface area (Å²) >= 11 is 1.38. The van der Waals surface area contributed by atoms with Crippen LogP contribution in [0.5, 0.6) is 5.75 Å². The van der Waals surface area contributed by atoms with E-state index in [1.165, 1.54) is 22.8 Å². The number of anilines is 1. The molecule has 140 valence electrons. The number of amides is 1. The molecule has 2 heterocycles. The zero-order valence-corrected chi connectivity index (χ0v) is 16.0. The van der Waals surface area contributed by atoms with Crippen LogP contribution in [0.2, 0.25) is 0 Å². The number of methoxy groups -OCH3 is 1. The van der Waals surface area contributed by atoms with Crippen LogP contribution in [0.15, 0.2) is 60.8 Å². The number of carbonyl (C=O) groups is 1. The standard InChI is InChI=1S/C21H18N4O2S/c1-27-16-9-6-14(7-10-16)8-11-19(26)23-21-25-24-20(28-21)12-15-13-22-18-5-3-2-4-17(15)18/h2-11,13,22H,12H2,1H3,(H,23,25,26)/b11-8+. The lowest BCUT2D eigenvalue weighted by molar-refractivity contribution is -0.111. The minimum absolute atomic E-state index is 0.245. The molecule has 0 spiro atoms. The van der Waals surface area contributed by atoms with Crippen LogP contribution in [0.4, 0.5) is 5.13 Å². The van der Waals surface area contributed by atoms with Crippen LogP contribution < -0.4 is 10.1 Å². The summed E-state index contributed by atoms with van der Waals surface area (Å²) in [4.78, 5) is 15.4. The van der Waals surface area contributed by atoms with E-state index in [9.17, 15) is 4.79 Å². The molecule has 0 aliphatic carbocycles. The molecule has 1 amide bonds. The Labute approximate surface area is 165 Å². The van der Waals surface area contributed by atoms with Crippen molar-refractivity contribution in [3.63, 3.8) is 0 Å². The molecular formula is C21H18N4O2S. The lowest BCUT2D eigenvalue weighted by Gasteiger charge is -1.99. The predicted octanol–water partition coefficient (Wildman–Crippen LogP) is 4.27. The molecule has 28 heavy (non-hydrogen) atoms. The van der Waals surface area contributed by atoms with Crippen LogP contribution in [-0.4, -0.2) is 28.2 Å². The quantitative estimate of drug-likeness (QED) is 0.482. The first-order valence-corrected chi connectivity index (χ1v) is 9.53. The summed E-state index contributed by atoms with van der Waals surface area (Å²) < 4.78 is 5.12. The van der Waals surface area contributed by atoms with E-state index in [0.717, 1.165) is 27.4 Å². The van der Waals surface area contributed by atoms with Gasteiger partial charge in [0.25, 0.3) is 0 Å². The molecule has 0 atom stereocenters. The Balaban J connectivity index is 1.38. The maximum Gasteiger partial charge on any atom is 0.250 e. The number of hydrogen-bond acceptors (Lipinski definition) is 5. The number of hydrogen-bond donors (Lipinski definition) is 2. The van der Waals surface area contributed by atoms with Crippen molar-refractivity contribution in [3.8, 4) is 5.75 Å². The lowest BCUT2D eigenvalue weighted by atomic mass is 10.1. The normalized spacial score (nSPS) is 11.2. The predicted molar refractivity (Wildman–Crippen MR) is 112 cm³/mol. The van der Waals surface area contributed by atoms with Crippen LogP contribution in [0, 0.1) is 0 Å². The summed E-state index contributed by atoms with van der Waals surface area (Å²) in [5.41, 5.74) is 3.16. The zero-order valence-electron chi connectivity index (χ0n) is 15.2. The molecule has 0 bridgehead atoms. The maximum atomic E-state index is 12.1. The highest BCUT2D eigenvalue weighted by Gasteiger charge is 2.10. The Morgan fingerprint density at radius 2 is 2.00 bits per heavy atom. The summed E-state index contributed by atoms with van der Waals surface area (Å²) in [6, 6.07) is 15.6. The fraction of sp³-hybridized carbons (Fsp3) is 0.0952. The maximum absolute atomic E-state index is 12.1. The molecule has 0 aliphatic rings. The Morgan fingerprint density at radius 1 is 1.18 bits per heavy atom. The lowest BCUT2D eigenvalue weighted by Crippen LogP contribution is -2.07. The number of aromatic nitrogens is 3. The summed E-state index contributed by atoms with van der Waals surface area (Å²) in [5.74, 6) is 0.531. The van der Waals surface area contributed by atoms with Crippen molar-refractivity contribution in [2.45, 2.75) is 6.42 Å². The van der Waals surface area contributed by atoms with Gasteiger partial charge >= 0.3 is 0 Å². The SMILES string of the molecule is COc1ccc(/C=C/C(=O)Nc2nnc(Cc3c[nH]c4ccccc34)s2)cc1. The van der Waals surface area contributed by atoms with Crippen molar-refractivity contribution in [2.24, 2.45) is 0 Å². The van der Waals surface area contributed by atoms with Crippen molar-refractivity contribution in [2.75, 3.05) is 12.4 Å². The van der Waals surface area contributed by atoms with Gasteiger partial charge in [-0.15, -0.1) is 10.2 Å². The highest BCUT2D eigenvalue weighted by atomic mass is 32.1. The van der Waals surface area contributed by atoms with Gasteiger partial charge in [-0.2, -0.15) is 0 Å². The third-order valence-corrected chi connectivity index (χ3v) is 5.10. The van der Waals surface area contributed by atoms with E-state index in [1.54, 1.807) is 13.2 Å². The van der Waals surface area contributed by atoms with Gasteiger partial charge in [0.05, 0.1) is 7.11 Å². The van der Waals surface area contributed by atoms with Gasteiger partial charge in [-0.1, -0.05) is 41.7 Å². The number of fused-ring (bicyclic) bond motifs is 1. The summed E-state index contributed by atoms with van der Waals surface area (Å²) in [7, 11) is 1.62. The largest absolute Gasteiger partial charge is 0.497 e. The van der Waals surface area contributed by atoms with Gasteiger partial charge in [0, 0.05) is 29.6 Å². The van der Waals surface area contributed by atoms with Crippen LogP contribution in [-0.2, 0) is 11.2 Å². The Hall–Kier alpha value is -3.45. The number of para-hydroxylation sites is 1. The van der Waals surface area contributed by atoms with Gasteiger partial charge in [0.2, 0.25) is 11.0 Å². The first-order chi connectivity index (χ1) is 13.7. The number of nitrogens with zero attached hydrogens (tertiary/aromatic N) is 2. The number of benzene rings is 2. The minimum atomic E-state index is -0.245. The van der Waals surface area contributed by atoms with E-state index < -0.39 is 0 Å². The second kappa shape index (κ2) is 8.06. The fourth-order valence-electron chi connectivity index (χ4n) is 2.85. The molecule has 0 unspecified atom stereocenters. The average molecular weight is 390 g/mol. The molecule has 0 saturated heterocycles. The monoisotopic (exact) mass is 390 g/mol. The second-order valence-corrected chi connectivity index (χ2v) is 7.20. The molecule has 4 rings (SSSR count). The van der Waals surface area contributed by atoms with Crippen molar-refractivity contribution in [1.82, 2.24) is 15.2 Å². The molecule has 0 saturated carbocycles. The van der Waals surface area contributed by atoms with Crippen molar-refractivity contribution in [3.05, 3.63) is 76.9 Å². The molecule has 0 aliphatic heterocycles. The third-order valence-electron chi connectivity index (χ3n) is 4.26. The van der Waals surface area contributed by atoms with Crippen molar-refractivity contribution < 1.29 is 9.53 Å². The molecular weight excluding hydrogens is 372 g/mol. The molecule has 0 radical (unpaired) electrons. The summed E-state index contributed by atoms with van der Waals surface area (Å²) in [5, 5.41) is 13.5. The molecule has 6 nitrogen and oxygen atoms in total. The molecule has 2 aromatic carbocycles. The molecule has 0 fully saturated rings. The minimum Gasteiger partial charge on any atom is -0.497 e. The van der Waals surface area contributed by atoms with Gasteiger partial charge in [-0.25, -0.2) is 0 Å². The first-order valence-electron chi connectivity index (χ1n) is 8.72. The number of nitrogens with one attached hydrogen (secondary N) is 2. The van der Waals surface area contributed by atoms with Crippen LogP contribution >= 0.6 is 11.3 Å². The fourth-order valence-corrected chi connectivity index (χ4v) is 3.62. The Bertz CT molecular complexity index is 1130. The number of carbonyl (C=O) groups excluding carboxylic acids is 1. The van der Waals surface area contributed by atoms with Crippen LogP contribution in [0.1, 0.15) is 16.1 Å². The topological polar surface area (TPSA) is 79.9 Å². The van der Waals surface area contributed by atoms with E-state index in [4.69, 9.17) is 4.74 Å². The van der Waals surface area contributed by atoms with E-state index in [1.807, 2.05) is 48.7 Å². The number of H-pyrrole nitrogens is 1. The van der Waals surface area contributed by atoms with Gasteiger partial charge < -0.3 is 9.72 Å². The van der Waals surface area contributed by atoms with Gasteiger partial charge in [0.15, 0.2) is 0 Å². The molecule has 2 N–H and O–H groups in total. The summed E-state index contributed by atoms with van der Waals surface area (Å²) in [6.07, 6.45) is 5.87. The van der Waals surface area contributed by atoms with E-state index in [-0.39, 0.29) is 5.91 Å². The zero-order chi connectivity index (χ0) is 19.3. The van der Waals surface area contributed by atoms with Crippen LogP contribution in [0.25, 0.3) is 17.0 Å². The summed E-state index contributed by atoms with van der Waals surface area (Å²) in [6.45, 7) is 0. The second-order valence-electron chi connectivity index (χ2n) is 6.13. The van der Waals surface area contributed by atoms with Crippen LogP contribution in [0.3, 0.4) is 0 Å². The highest BCUT2D eigenvalue weighted by molar-refractivity contribution is 7.15. The molecule has 2 aromatic heterocycles. The Kier molecular flexibility index (Phi) is 5.16. The van der Waals surface area contributed by atoms with Crippen molar-refractivity contribution in [1.29, 1.82) is 0 Å². The van der Waals surface area contributed by atoms with Crippen molar-refractivity contribution >= 4 is 39.4 Å². The van der Waals surface area contributed by atoms with Gasteiger partial charge in [-0.05, 0) is 35.4 Å². The number of aromatic amines is 1. The smallest absolute Gasteiger partial charge is 0.250 e. The Morgan fingerprint density at radius 3 is 2.82 bits per heavy atom. The molecule has 7 heteroatoms.